The second-order valence-corrected chi connectivity index (χ2v) is 7.63. The zero-order valence-corrected chi connectivity index (χ0v) is 18.3. The highest BCUT2D eigenvalue weighted by Gasteiger charge is 2.25. The first-order chi connectivity index (χ1) is 14.8. The van der Waals surface area contributed by atoms with E-state index in [1.54, 1.807) is 6.08 Å². The van der Waals surface area contributed by atoms with Crippen molar-refractivity contribution in [3.8, 4) is 0 Å². The molecule has 31 heavy (non-hydrogen) atoms. The molecule has 170 valence electrons. The number of benzene rings is 1. The topological polar surface area (TPSA) is 81.7 Å². The van der Waals surface area contributed by atoms with Gasteiger partial charge in [0.1, 0.15) is 12.4 Å². The molecule has 0 heterocycles. The SMILES string of the molecule is C=CCCC(=O)N[C@H](COC(=O)C(CC=C)CC(=O)OCC(C)C)c1ccc(F)cc1. The number of carbonyl (C=O) groups excluding carboxylic acids is 3. The fourth-order valence-corrected chi connectivity index (χ4v) is 2.68. The summed E-state index contributed by atoms with van der Waals surface area (Å²) in [6.45, 7) is 11.2. The van der Waals surface area contributed by atoms with Crippen LogP contribution in [-0.2, 0) is 23.9 Å². The minimum atomic E-state index is -0.734. The molecule has 1 unspecified atom stereocenters. The van der Waals surface area contributed by atoms with Gasteiger partial charge in [-0.25, -0.2) is 4.39 Å². The molecule has 0 fully saturated rings. The summed E-state index contributed by atoms with van der Waals surface area (Å²) in [6, 6.07) is 4.92. The predicted octanol–water partition coefficient (Wildman–Crippen LogP) is 4.27. The number of hydrogen-bond donors (Lipinski definition) is 1. The van der Waals surface area contributed by atoms with Gasteiger partial charge in [-0.15, -0.1) is 13.2 Å². The van der Waals surface area contributed by atoms with E-state index in [1.165, 1.54) is 30.3 Å². The Bertz CT molecular complexity index is 745. The molecule has 0 aliphatic rings. The first-order valence-electron chi connectivity index (χ1n) is 10.4. The van der Waals surface area contributed by atoms with Gasteiger partial charge in [-0.2, -0.15) is 0 Å². The van der Waals surface area contributed by atoms with Gasteiger partial charge in [-0.1, -0.05) is 38.1 Å². The molecule has 2 atom stereocenters. The van der Waals surface area contributed by atoms with E-state index in [2.05, 4.69) is 18.5 Å². The number of halogens is 1. The van der Waals surface area contributed by atoms with Gasteiger partial charge in [-0.3, -0.25) is 14.4 Å². The van der Waals surface area contributed by atoms with Crippen LogP contribution in [0.25, 0.3) is 0 Å². The molecule has 0 aliphatic carbocycles. The number of allylic oxidation sites excluding steroid dienone is 2. The Balaban J connectivity index is 2.79. The van der Waals surface area contributed by atoms with E-state index in [1.807, 2.05) is 13.8 Å². The van der Waals surface area contributed by atoms with Crippen LogP contribution in [0, 0.1) is 17.7 Å². The molecule has 0 saturated carbocycles. The summed E-state index contributed by atoms with van der Waals surface area (Å²) in [7, 11) is 0. The van der Waals surface area contributed by atoms with E-state index in [4.69, 9.17) is 9.47 Å². The maximum atomic E-state index is 13.3. The van der Waals surface area contributed by atoms with Crippen LogP contribution in [0.5, 0.6) is 0 Å². The third-order valence-corrected chi connectivity index (χ3v) is 4.35. The fraction of sp³-hybridized carbons (Fsp3) is 0.458. The van der Waals surface area contributed by atoms with Crippen LogP contribution in [0.1, 0.15) is 51.1 Å². The molecular formula is C24H32FNO5. The Morgan fingerprint density at radius 3 is 2.32 bits per heavy atom. The highest BCUT2D eigenvalue weighted by molar-refractivity contribution is 5.80. The van der Waals surface area contributed by atoms with Crippen molar-refractivity contribution in [1.29, 1.82) is 0 Å². The lowest BCUT2D eigenvalue weighted by Crippen LogP contribution is -2.33. The van der Waals surface area contributed by atoms with Crippen molar-refractivity contribution in [3.63, 3.8) is 0 Å². The number of carbonyl (C=O) groups is 3. The van der Waals surface area contributed by atoms with Crippen LogP contribution in [-0.4, -0.2) is 31.1 Å². The lowest BCUT2D eigenvalue weighted by Gasteiger charge is -2.21. The van der Waals surface area contributed by atoms with Crippen molar-refractivity contribution in [2.75, 3.05) is 13.2 Å². The van der Waals surface area contributed by atoms with E-state index < -0.39 is 29.7 Å². The van der Waals surface area contributed by atoms with E-state index >= 15 is 0 Å². The minimum absolute atomic E-state index is 0.121. The van der Waals surface area contributed by atoms with Gasteiger partial charge in [0, 0.05) is 6.42 Å². The van der Waals surface area contributed by atoms with Gasteiger partial charge in [-0.05, 0) is 36.5 Å². The van der Waals surface area contributed by atoms with Crippen molar-refractivity contribution >= 4 is 17.8 Å². The maximum absolute atomic E-state index is 13.3. The van der Waals surface area contributed by atoms with E-state index in [-0.39, 0.29) is 44.3 Å². The van der Waals surface area contributed by atoms with Crippen molar-refractivity contribution in [1.82, 2.24) is 5.32 Å². The standard InChI is InChI=1S/C24H32FNO5/c1-5-7-9-22(27)26-21(18-10-12-20(25)13-11-18)16-31-24(29)19(8-6-2)14-23(28)30-15-17(3)4/h5-6,10-13,17,19,21H,1-2,7-9,14-16H2,3-4H3,(H,26,27)/t19?,21-/m1/s1. The molecule has 0 spiro atoms. The molecule has 0 saturated heterocycles. The Hall–Kier alpha value is -2.96. The van der Waals surface area contributed by atoms with Gasteiger partial charge >= 0.3 is 11.9 Å². The van der Waals surface area contributed by atoms with Crippen molar-refractivity contribution in [3.05, 3.63) is 61.0 Å². The maximum Gasteiger partial charge on any atom is 0.309 e. The largest absolute Gasteiger partial charge is 0.465 e. The molecule has 1 aromatic carbocycles. The Morgan fingerprint density at radius 1 is 1.06 bits per heavy atom. The third-order valence-electron chi connectivity index (χ3n) is 4.35. The number of hydrogen-bond acceptors (Lipinski definition) is 5. The van der Waals surface area contributed by atoms with E-state index in [9.17, 15) is 18.8 Å². The predicted molar refractivity (Wildman–Crippen MR) is 116 cm³/mol. The van der Waals surface area contributed by atoms with Gasteiger partial charge in [0.05, 0.1) is 25.0 Å². The number of esters is 2. The summed E-state index contributed by atoms with van der Waals surface area (Å²) in [5.74, 6) is -2.27. The molecule has 1 amide bonds. The van der Waals surface area contributed by atoms with Crippen molar-refractivity contribution in [2.45, 2.75) is 45.6 Å². The average Bonchev–Trinajstić information content (AvgIpc) is 2.73. The zero-order chi connectivity index (χ0) is 23.2. The monoisotopic (exact) mass is 433 g/mol. The normalized spacial score (nSPS) is 12.5. The van der Waals surface area contributed by atoms with Crippen molar-refractivity contribution < 1.29 is 28.2 Å². The Kier molecular flexibility index (Phi) is 11.9. The Morgan fingerprint density at radius 2 is 1.74 bits per heavy atom. The van der Waals surface area contributed by atoms with E-state index in [0.29, 0.717) is 12.0 Å². The van der Waals surface area contributed by atoms with Gasteiger partial charge in [0.2, 0.25) is 5.91 Å². The molecule has 1 aromatic rings. The number of nitrogens with one attached hydrogen (secondary N) is 1. The highest BCUT2D eigenvalue weighted by atomic mass is 19.1. The molecular weight excluding hydrogens is 401 g/mol. The summed E-state index contributed by atoms with van der Waals surface area (Å²) >= 11 is 0. The van der Waals surface area contributed by atoms with Crippen LogP contribution < -0.4 is 5.32 Å². The summed E-state index contributed by atoms with van der Waals surface area (Å²) in [6.07, 6.45) is 4.03. The summed E-state index contributed by atoms with van der Waals surface area (Å²) in [4.78, 5) is 36.8. The second-order valence-electron chi connectivity index (χ2n) is 7.63. The fourth-order valence-electron chi connectivity index (χ4n) is 2.68. The molecule has 0 aliphatic heterocycles. The smallest absolute Gasteiger partial charge is 0.309 e. The summed E-state index contributed by atoms with van der Waals surface area (Å²) in [5.41, 5.74) is 0.595. The Labute approximate surface area is 183 Å². The summed E-state index contributed by atoms with van der Waals surface area (Å²) in [5, 5.41) is 2.79. The molecule has 0 bridgehead atoms. The van der Waals surface area contributed by atoms with Crippen LogP contribution in [0.15, 0.2) is 49.6 Å². The highest BCUT2D eigenvalue weighted by Crippen LogP contribution is 2.18. The molecule has 0 aromatic heterocycles. The second kappa shape index (κ2) is 14.1. The minimum Gasteiger partial charge on any atom is -0.465 e. The molecule has 1 N–H and O–H groups in total. The van der Waals surface area contributed by atoms with Crippen LogP contribution in [0.2, 0.25) is 0 Å². The number of rotatable bonds is 14. The van der Waals surface area contributed by atoms with Gasteiger partial charge in [0.15, 0.2) is 0 Å². The zero-order valence-electron chi connectivity index (χ0n) is 18.3. The number of ether oxygens (including phenoxy) is 2. The molecule has 1 rings (SSSR count). The first-order valence-corrected chi connectivity index (χ1v) is 10.4. The molecule has 0 radical (unpaired) electrons. The van der Waals surface area contributed by atoms with Gasteiger partial charge in [0.25, 0.3) is 0 Å². The lowest BCUT2D eigenvalue weighted by atomic mass is 10.0. The quantitative estimate of drug-likeness (QED) is 0.350. The van der Waals surface area contributed by atoms with Crippen molar-refractivity contribution in [2.24, 2.45) is 11.8 Å². The third kappa shape index (κ3) is 10.6. The van der Waals surface area contributed by atoms with Crippen LogP contribution in [0.4, 0.5) is 4.39 Å². The lowest BCUT2D eigenvalue weighted by molar-refractivity contribution is -0.156. The number of amides is 1. The van der Waals surface area contributed by atoms with Gasteiger partial charge < -0.3 is 14.8 Å². The average molecular weight is 434 g/mol. The van der Waals surface area contributed by atoms with Crippen LogP contribution >= 0.6 is 0 Å². The summed E-state index contributed by atoms with van der Waals surface area (Å²) < 4.78 is 23.8. The first kappa shape index (κ1) is 26.1. The molecule has 6 nitrogen and oxygen atoms in total. The molecule has 7 heteroatoms. The van der Waals surface area contributed by atoms with E-state index in [0.717, 1.165) is 0 Å². The van der Waals surface area contributed by atoms with Crippen LogP contribution in [0.3, 0.4) is 0 Å².